The van der Waals surface area contributed by atoms with Crippen LogP contribution in [0.5, 0.6) is 11.5 Å². The van der Waals surface area contributed by atoms with Crippen molar-refractivity contribution in [2.75, 3.05) is 11.9 Å². The number of nitrogens with one attached hydrogen (secondary N) is 1. The molecule has 1 aliphatic rings. The Morgan fingerprint density at radius 2 is 2.02 bits per heavy atom. The van der Waals surface area contributed by atoms with Gasteiger partial charge in [-0.25, -0.2) is 27.0 Å². The molecular formula is C24H18ClF2N5O8S2. The molecule has 2 aromatic heterocycles. The number of ether oxygens (including phenoxy) is 2. The summed E-state index contributed by atoms with van der Waals surface area (Å²) in [6, 6.07) is 4.58. The molecule has 220 valence electrons. The molecule has 4 aromatic rings. The summed E-state index contributed by atoms with van der Waals surface area (Å²) in [5, 5.41) is 27.3. The van der Waals surface area contributed by atoms with E-state index in [9.17, 15) is 27.7 Å². The van der Waals surface area contributed by atoms with Crippen LogP contribution in [0.4, 0.5) is 25.2 Å². The minimum Gasteiger partial charge on any atom is -0.465 e. The molecule has 1 fully saturated rings. The van der Waals surface area contributed by atoms with Crippen molar-refractivity contribution in [1.82, 2.24) is 14.8 Å². The lowest BCUT2D eigenvalue weighted by Gasteiger charge is -2.20. The van der Waals surface area contributed by atoms with Gasteiger partial charge in [0, 0.05) is 23.6 Å². The third kappa shape index (κ3) is 5.89. The molecule has 0 bridgehead atoms. The van der Waals surface area contributed by atoms with E-state index in [4.69, 9.17) is 26.2 Å². The first kappa shape index (κ1) is 29.3. The number of nitro groups is 1. The number of amides is 1. The van der Waals surface area contributed by atoms with Crippen molar-refractivity contribution in [2.45, 2.75) is 34.7 Å². The number of hydrogen-bond acceptors (Lipinski definition) is 10. The molecule has 5 rings (SSSR count). The van der Waals surface area contributed by atoms with Gasteiger partial charge in [0.25, 0.3) is 0 Å². The van der Waals surface area contributed by atoms with Gasteiger partial charge in [-0.15, -0.1) is 11.3 Å². The molecular weight excluding hydrogens is 624 g/mol. The van der Waals surface area contributed by atoms with E-state index in [0.29, 0.717) is 30.4 Å². The molecule has 1 amide bonds. The summed E-state index contributed by atoms with van der Waals surface area (Å²) >= 11 is 6.82. The number of sulfone groups is 1. The summed E-state index contributed by atoms with van der Waals surface area (Å²) in [7, 11) is -4.56. The number of halogens is 3. The standard InChI is InChI=1S/C24H18ClF2N5O8S2/c25-15-8-19(42(37,38)24-29-20(11-41-24)28-23(33)34)16(27)9-18(15)40-17-5-4-12(26)7-13(17)14-10-31(30-22(14)32(35)36)21-3-1-2-6-39-21/h4-5,7-11,21,28H,1-3,6H2,(H,33,34). The number of nitrogens with zero attached hydrogens (tertiary/aromatic N) is 4. The van der Waals surface area contributed by atoms with Gasteiger partial charge in [-0.2, -0.15) is 4.68 Å². The van der Waals surface area contributed by atoms with E-state index in [0.717, 1.165) is 42.5 Å². The molecule has 0 saturated carbocycles. The number of thiazole rings is 1. The maximum Gasteiger partial charge on any atom is 0.410 e. The molecule has 0 aliphatic carbocycles. The fourth-order valence-corrected chi connectivity index (χ4v) is 6.80. The Hall–Kier alpha value is -4.19. The summed E-state index contributed by atoms with van der Waals surface area (Å²) in [4.78, 5) is 24.7. The Morgan fingerprint density at radius 1 is 1.24 bits per heavy atom. The van der Waals surface area contributed by atoms with E-state index in [1.54, 1.807) is 0 Å². The lowest BCUT2D eigenvalue weighted by atomic mass is 10.1. The Bertz CT molecular complexity index is 1810. The predicted octanol–water partition coefficient (Wildman–Crippen LogP) is 6.26. The van der Waals surface area contributed by atoms with E-state index in [-0.39, 0.29) is 33.5 Å². The third-order valence-electron chi connectivity index (χ3n) is 6.01. The Balaban J connectivity index is 1.51. The Labute approximate surface area is 244 Å². The van der Waals surface area contributed by atoms with Crippen molar-refractivity contribution in [3.8, 4) is 22.6 Å². The minimum atomic E-state index is -4.56. The van der Waals surface area contributed by atoms with Crippen molar-refractivity contribution < 1.29 is 41.5 Å². The number of aromatic nitrogens is 3. The van der Waals surface area contributed by atoms with Crippen LogP contribution in [0.3, 0.4) is 0 Å². The van der Waals surface area contributed by atoms with Crippen molar-refractivity contribution in [2.24, 2.45) is 0 Å². The van der Waals surface area contributed by atoms with Gasteiger partial charge >= 0.3 is 11.9 Å². The zero-order valence-corrected chi connectivity index (χ0v) is 23.4. The maximum absolute atomic E-state index is 15.2. The molecule has 1 aliphatic heterocycles. The fourth-order valence-electron chi connectivity index (χ4n) is 4.14. The number of rotatable bonds is 8. The van der Waals surface area contributed by atoms with E-state index in [2.05, 4.69) is 10.1 Å². The SMILES string of the molecule is O=C(O)Nc1csc(S(=O)(=O)c2cc(Cl)c(Oc3ccc(F)cc3-c3cn(C4CCCCO4)nc3[N+](=O)[O-])cc2F)n1. The second-order valence-electron chi connectivity index (χ2n) is 8.81. The van der Waals surface area contributed by atoms with Crippen LogP contribution in [0.15, 0.2) is 51.1 Å². The Kier molecular flexibility index (Phi) is 8.09. The smallest absolute Gasteiger partial charge is 0.410 e. The molecule has 18 heteroatoms. The highest BCUT2D eigenvalue weighted by Gasteiger charge is 2.31. The van der Waals surface area contributed by atoms with Crippen LogP contribution >= 0.6 is 22.9 Å². The average Bonchev–Trinajstić information content (AvgIpc) is 3.60. The molecule has 1 atom stereocenters. The molecule has 13 nitrogen and oxygen atoms in total. The van der Waals surface area contributed by atoms with Gasteiger partial charge in [0.1, 0.15) is 39.4 Å². The highest BCUT2D eigenvalue weighted by Crippen LogP contribution is 2.42. The van der Waals surface area contributed by atoms with Crippen molar-refractivity contribution in [3.05, 3.63) is 68.7 Å². The largest absolute Gasteiger partial charge is 0.465 e. The maximum atomic E-state index is 15.2. The topological polar surface area (TPSA) is 176 Å². The van der Waals surface area contributed by atoms with Gasteiger partial charge in [-0.05, 0) is 48.5 Å². The summed E-state index contributed by atoms with van der Waals surface area (Å²) in [5.41, 5.74) is -0.202. The highest BCUT2D eigenvalue weighted by atomic mass is 35.5. The average molecular weight is 642 g/mol. The van der Waals surface area contributed by atoms with Gasteiger partial charge in [0.05, 0.1) is 16.3 Å². The summed E-state index contributed by atoms with van der Waals surface area (Å²) < 4.78 is 67.6. The first-order valence-electron chi connectivity index (χ1n) is 12.0. The lowest BCUT2D eigenvalue weighted by Crippen LogP contribution is -2.18. The van der Waals surface area contributed by atoms with Crippen LogP contribution < -0.4 is 10.1 Å². The number of anilines is 1. The van der Waals surface area contributed by atoms with Gasteiger partial charge in [-0.3, -0.25) is 5.32 Å². The van der Waals surface area contributed by atoms with Gasteiger partial charge in [0.15, 0.2) is 6.23 Å². The first-order valence-corrected chi connectivity index (χ1v) is 14.7. The monoisotopic (exact) mass is 641 g/mol. The van der Waals surface area contributed by atoms with Crippen LogP contribution in [0.25, 0.3) is 11.1 Å². The van der Waals surface area contributed by atoms with Crippen LogP contribution in [-0.2, 0) is 14.6 Å². The van der Waals surface area contributed by atoms with E-state index >= 15 is 4.39 Å². The quantitative estimate of drug-likeness (QED) is 0.165. The number of benzene rings is 2. The molecule has 3 heterocycles. The molecule has 1 saturated heterocycles. The van der Waals surface area contributed by atoms with Crippen molar-refractivity contribution >= 4 is 50.5 Å². The third-order valence-corrected chi connectivity index (χ3v) is 9.33. The summed E-state index contributed by atoms with van der Waals surface area (Å²) in [6.07, 6.45) is 1.51. The second-order valence-corrected chi connectivity index (χ2v) is 12.2. The second kappa shape index (κ2) is 11.6. The normalized spacial score (nSPS) is 15.4. The first-order chi connectivity index (χ1) is 19.9. The van der Waals surface area contributed by atoms with E-state index in [1.807, 2.05) is 5.32 Å². The predicted molar refractivity (Wildman–Crippen MR) is 144 cm³/mol. The minimum absolute atomic E-state index is 0.0989. The van der Waals surface area contributed by atoms with Crippen molar-refractivity contribution in [1.29, 1.82) is 0 Å². The van der Waals surface area contributed by atoms with E-state index < -0.39 is 53.8 Å². The van der Waals surface area contributed by atoms with Crippen LogP contribution in [0, 0.1) is 21.7 Å². The fraction of sp³-hybridized carbons (Fsp3) is 0.208. The Morgan fingerprint density at radius 3 is 2.71 bits per heavy atom. The molecule has 0 radical (unpaired) electrons. The van der Waals surface area contributed by atoms with Crippen LogP contribution in [0.1, 0.15) is 25.5 Å². The molecule has 0 spiro atoms. The van der Waals surface area contributed by atoms with Crippen LogP contribution in [0.2, 0.25) is 5.02 Å². The lowest BCUT2D eigenvalue weighted by molar-refractivity contribution is -0.389. The molecule has 2 N–H and O–H groups in total. The van der Waals surface area contributed by atoms with Gasteiger partial charge in [-0.1, -0.05) is 11.6 Å². The number of carboxylic acid groups (broad SMARTS) is 1. The van der Waals surface area contributed by atoms with Gasteiger partial charge in [0.2, 0.25) is 14.2 Å². The molecule has 42 heavy (non-hydrogen) atoms. The highest BCUT2D eigenvalue weighted by molar-refractivity contribution is 7.93. The van der Waals surface area contributed by atoms with Crippen molar-refractivity contribution in [3.63, 3.8) is 0 Å². The molecule has 2 aromatic carbocycles. The molecule has 1 unspecified atom stereocenters. The number of carbonyl (C=O) groups is 1. The summed E-state index contributed by atoms with van der Waals surface area (Å²) in [6.45, 7) is 0.445. The van der Waals surface area contributed by atoms with Crippen LogP contribution in [-0.4, -0.2) is 45.9 Å². The summed E-state index contributed by atoms with van der Waals surface area (Å²) in [5.74, 6) is -3.45. The van der Waals surface area contributed by atoms with E-state index in [1.165, 1.54) is 10.9 Å². The van der Waals surface area contributed by atoms with Gasteiger partial charge < -0.3 is 24.7 Å². The zero-order chi connectivity index (χ0) is 30.2. The number of hydrogen-bond donors (Lipinski definition) is 2. The zero-order valence-electron chi connectivity index (χ0n) is 21.0.